The van der Waals surface area contributed by atoms with Crippen molar-refractivity contribution in [1.29, 1.82) is 0 Å². The maximum atomic E-state index is 10.3. The van der Waals surface area contributed by atoms with Crippen LogP contribution in [0.25, 0.3) is 0 Å². The first-order chi connectivity index (χ1) is 15.6. The number of ether oxygens (including phenoxy) is 5. The van der Waals surface area contributed by atoms with Gasteiger partial charge in [0.2, 0.25) is 0 Å². The van der Waals surface area contributed by atoms with Gasteiger partial charge in [0.15, 0.2) is 0 Å². The summed E-state index contributed by atoms with van der Waals surface area (Å²) in [5, 5.41) is 0. The minimum absolute atomic E-state index is 0. The molecule has 1 N–H and O–H groups in total. The van der Waals surface area contributed by atoms with E-state index in [1.54, 1.807) is 0 Å². The molecule has 0 aromatic carbocycles. The first kappa shape index (κ1) is 35.8. The molecule has 0 saturated heterocycles. The normalized spacial score (nSPS) is 11.6. The van der Waals surface area contributed by atoms with E-state index in [-0.39, 0.29) is 42.8 Å². The number of hydrogen-bond acceptors (Lipinski definition) is 8. The smallest absolute Gasteiger partial charge is 0.379 e. The van der Waals surface area contributed by atoms with E-state index in [4.69, 9.17) is 28.2 Å². The summed E-state index contributed by atoms with van der Waals surface area (Å²) < 4.78 is 59.8. The van der Waals surface area contributed by atoms with Gasteiger partial charge in [0.25, 0.3) is 0 Å². The SMILES string of the molecule is CCCCCCCCCCCCOCCOCCOCCOCCOCCOS(=O)(=O)O.[Na]. The summed E-state index contributed by atoms with van der Waals surface area (Å²) in [6, 6.07) is 0. The fraction of sp³-hybridized carbons (Fsp3) is 1.00. The van der Waals surface area contributed by atoms with Gasteiger partial charge < -0.3 is 23.7 Å². The summed E-state index contributed by atoms with van der Waals surface area (Å²) in [5.41, 5.74) is 0. The molecule has 0 atom stereocenters. The molecule has 0 bridgehead atoms. The van der Waals surface area contributed by atoms with Crippen LogP contribution < -0.4 is 0 Å². The van der Waals surface area contributed by atoms with Crippen molar-refractivity contribution < 1.29 is 40.8 Å². The molecule has 0 spiro atoms. The van der Waals surface area contributed by atoms with Gasteiger partial charge in [-0.2, -0.15) is 8.42 Å². The molecule has 0 aliphatic heterocycles. The van der Waals surface area contributed by atoms with Gasteiger partial charge >= 0.3 is 10.4 Å². The number of rotatable bonds is 27. The zero-order valence-corrected chi connectivity index (χ0v) is 23.8. The summed E-state index contributed by atoms with van der Waals surface area (Å²) in [5.74, 6) is 0. The van der Waals surface area contributed by atoms with Crippen LogP contribution in [0.15, 0.2) is 0 Å². The van der Waals surface area contributed by atoms with Crippen LogP contribution in [0.3, 0.4) is 0 Å². The Balaban J connectivity index is 0. The average Bonchev–Trinajstić information content (AvgIpc) is 2.75. The van der Waals surface area contributed by atoms with Crippen molar-refractivity contribution in [2.45, 2.75) is 71.1 Å². The summed E-state index contributed by atoms with van der Waals surface area (Å²) in [4.78, 5) is 0. The molecule has 0 heterocycles. The van der Waals surface area contributed by atoms with Crippen molar-refractivity contribution in [3.05, 3.63) is 0 Å². The van der Waals surface area contributed by atoms with Crippen LogP contribution >= 0.6 is 0 Å². The quantitative estimate of drug-likeness (QED) is 0.101. The van der Waals surface area contributed by atoms with Gasteiger partial charge in [0.05, 0.1) is 66.1 Å². The predicted molar refractivity (Wildman–Crippen MR) is 129 cm³/mol. The molecule has 1 radical (unpaired) electrons. The molecule has 9 nitrogen and oxygen atoms in total. The maximum Gasteiger partial charge on any atom is 0.397 e. The van der Waals surface area contributed by atoms with Gasteiger partial charge in [-0.15, -0.1) is 0 Å². The molecular weight excluding hydrogens is 463 g/mol. The summed E-state index contributed by atoms with van der Waals surface area (Å²) in [6.07, 6.45) is 13.3. The minimum Gasteiger partial charge on any atom is -0.379 e. The molecular formula is C22H46NaO9S. The Kier molecular flexibility index (Phi) is 31.4. The van der Waals surface area contributed by atoms with Gasteiger partial charge in [-0.25, -0.2) is 4.18 Å². The standard InChI is InChI=1S/C22H46O9S.Na/c1-2-3-4-5-6-7-8-9-10-11-12-26-13-14-27-15-16-28-17-18-29-19-20-30-21-22-31-32(23,24)25;/h2-22H2,1H3,(H,23,24,25);. The maximum absolute atomic E-state index is 10.3. The van der Waals surface area contributed by atoms with E-state index in [1.165, 1.54) is 57.8 Å². The van der Waals surface area contributed by atoms with Crippen LogP contribution in [0, 0.1) is 0 Å². The van der Waals surface area contributed by atoms with Crippen LogP contribution in [0.1, 0.15) is 71.1 Å². The zero-order chi connectivity index (χ0) is 23.6. The number of unbranched alkanes of at least 4 members (excludes halogenated alkanes) is 9. The van der Waals surface area contributed by atoms with Crippen LogP contribution in [0.4, 0.5) is 0 Å². The first-order valence-electron chi connectivity index (χ1n) is 12.1. The molecule has 0 aromatic heterocycles. The second-order valence-corrected chi connectivity index (χ2v) is 8.58. The first-order valence-corrected chi connectivity index (χ1v) is 13.4. The van der Waals surface area contributed by atoms with Crippen molar-refractivity contribution in [1.82, 2.24) is 0 Å². The Morgan fingerprint density at radius 1 is 0.485 bits per heavy atom. The van der Waals surface area contributed by atoms with Gasteiger partial charge in [-0.05, 0) is 6.42 Å². The van der Waals surface area contributed by atoms with Gasteiger partial charge in [-0.1, -0.05) is 64.7 Å². The van der Waals surface area contributed by atoms with Crippen molar-refractivity contribution in [3.63, 3.8) is 0 Å². The largest absolute Gasteiger partial charge is 0.397 e. The Bertz CT molecular complexity index is 467. The summed E-state index contributed by atoms with van der Waals surface area (Å²) in [7, 11) is -4.40. The molecule has 0 amide bonds. The monoisotopic (exact) mass is 509 g/mol. The number of hydrogen-bond donors (Lipinski definition) is 1. The van der Waals surface area contributed by atoms with E-state index >= 15 is 0 Å². The molecule has 0 fully saturated rings. The Hall–Kier alpha value is 0.670. The van der Waals surface area contributed by atoms with Crippen LogP contribution in [-0.2, 0) is 38.3 Å². The van der Waals surface area contributed by atoms with Crippen molar-refractivity contribution in [3.8, 4) is 0 Å². The van der Waals surface area contributed by atoms with E-state index in [0.717, 1.165) is 13.0 Å². The fourth-order valence-corrected chi connectivity index (χ4v) is 3.15. The molecule has 0 aliphatic carbocycles. The van der Waals surface area contributed by atoms with E-state index in [1.807, 2.05) is 0 Å². The topological polar surface area (TPSA) is 110 Å². The minimum atomic E-state index is -4.40. The van der Waals surface area contributed by atoms with E-state index in [0.29, 0.717) is 52.9 Å². The van der Waals surface area contributed by atoms with Gasteiger partial charge in [-0.3, -0.25) is 4.55 Å². The Labute approximate surface area is 223 Å². The van der Waals surface area contributed by atoms with E-state index < -0.39 is 10.4 Å². The zero-order valence-electron chi connectivity index (χ0n) is 21.0. The Morgan fingerprint density at radius 3 is 1.15 bits per heavy atom. The second kappa shape index (κ2) is 28.9. The van der Waals surface area contributed by atoms with Crippen LogP contribution in [0.2, 0.25) is 0 Å². The van der Waals surface area contributed by atoms with Gasteiger partial charge in [0, 0.05) is 36.2 Å². The molecule has 0 aliphatic rings. The van der Waals surface area contributed by atoms with Crippen molar-refractivity contribution in [2.24, 2.45) is 0 Å². The van der Waals surface area contributed by atoms with Crippen LogP contribution in [-0.4, -0.2) is 115 Å². The third kappa shape index (κ3) is 34.9. The van der Waals surface area contributed by atoms with E-state index in [9.17, 15) is 8.42 Å². The van der Waals surface area contributed by atoms with Gasteiger partial charge in [0.1, 0.15) is 0 Å². The molecule has 0 rings (SSSR count). The predicted octanol–water partition coefficient (Wildman–Crippen LogP) is 3.43. The molecule has 0 saturated carbocycles. The van der Waals surface area contributed by atoms with Crippen LogP contribution in [0.5, 0.6) is 0 Å². The van der Waals surface area contributed by atoms with Crippen molar-refractivity contribution >= 4 is 40.0 Å². The molecule has 195 valence electrons. The fourth-order valence-electron chi connectivity index (χ4n) is 2.87. The molecule has 11 heteroatoms. The third-order valence-corrected chi connectivity index (χ3v) is 5.05. The summed E-state index contributed by atoms with van der Waals surface area (Å²) in [6.45, 7) is 6.69. The Morgan fingerprint density at radius 2 is 0.788 bits per heavy atom. The average molecular weight is 510 g/mol. The molecule has 0 aromatic rings. The molecule has 33 heavy (non-hydrogen) atoms. The molecule has 0 unspecified atom stereocenters. The van der Waals surface area contributed by atoms with Crippen molar-refractivity contribution in [2.75, 3.05) is 72.7 Å². The van der Waals surface area contributed by atoms with E-state index in [2.05, 4.69) is 11.1 Å². The summed E-state index contributed by atoms with van der Waals surface area (Å²) >= 11 is 0. The second-order valence-electron chi connectivity index (χ2n) is 7.49. The third-order valence-electron chi connectivity index (χ3n) is 4.59.